The Kier molecular flexibility index (Phi) is 4.37. The summed E-state index contributed by atoms with van der Waals surface area (Å²) in [6.45, 7) is 3.80. The van der Waals surface area contributed by atoms with Crippen LogP contribution in [0.1, 0.15) is 24.2 Å². The van der Waals surface area contributed by atoms with Gasteiger partial charge in [0, 0.05) is 30.4 Å². The van der Waals surface area contributed by atoms with Crippen molar-refractivity contribution in [3.05, 3.63) is 29.8 Å². The lowest BCUT2D eigenvalue weighted by Crippen LogP contribution is -2.39. The van der Waals surface area contributed by atoms with E-state index in [1.165, 1.54) is 17.2 Å². The number of hydrogen-bond donors (Lipinski definition) is 1. The van der Waals surface area contributed by atoms with Gasteiger partial charge in [0.25, 0.3) is 5.91 Å². The van der Waals surface area contributed by atoms with Gasteiger partial charge in [-0.3, -0.25) is 4.79 Å². The van der Waals surface area contributed by atoms with E-state index in [1.54, 1.807) is 0 Å². The summed E-state index contributed by atoms with van der Waals surface area (Å²) in [5.41, 5.74) is 0.245. The molecular formula is C11H15FN2O2. The summed E-state index contributed by atoms with van der Waals surface area (Å²) in [5.74, 6) is -0.982. The van der Waals surface area contributed by atoms with Gasteiger partial charge in [0.1, 0.15) is 0 Å². The Labute approximate surface area is 93.7 Å². The molecule has 0 fully saturated rings. The highest BCUT2D eigenvalue weighted by Gasteiger charge is 2.18. The van der Waals surface area contributed by atoms with E-state index in [0.29, 0.717) is 0 Å². The minimum Gasteiger partial charge on any atom is -0.395 e. The Balaban J connectivity index is 2.90. The number of amides is 1. The van der Waals surface area contributed by atoms with Crippen molar-refractivity contribution in [3.8, 4) is 0 Å². The van der Waals surface area contributed by atoms with Crippen molar-refractivity contribution >= 4 is 5.91 Å². The predicted molar refractivity (Wildman–Crippen MR) is 57.5 cm³/mol. The number of aliphatic hydroxyl groups is 1. The zero-order valence-corrected chi connectivity index (χ0v) is 9.35. The molecule has 1 amide bonds. The van der Waals surface area contributed by atoms with Gasteiger partial charge in [0.2, 0.25) is 5.95 Å². The van der Waals surface area contributed by atoms with Crippen LogP contribution in [0, 0.1) is 5.95 Å². The standard InChI is InChI=1S/C11H15FN2O2/c1-8(2)14(5-6-15)11(16)9-3-4-13-10(12)7-9/h3-4,7-8,15H,5-6H2,1-2H3. The zero-order chi connectivity index (χ0) is 12.1. The normalized spacial score (nSPS) is 10.6. The Morgan fingerprint density at radius 1 is 1.62 bits per heavy atom. The first-order valence-corrected chi connectivity index (χ1v) is 5.09. The van der Waals surface area contributed by atoms with Gasteiger partial charge in [-0.15, -0.1) is 0 Å². The van der Waals surface area contributed by atoms with Crippen molar-refractivity contribution in [2.75, 3.05) is 13.2 Å². The Hall–Kier alpha value is -1.49. The maximum absolute atomic E-state index is 12.8. The summed E-state index contributed by atoms with van der Waals surface area (Å²) in [5, 5.41) is 8.86. The number of carbonyl (C=O) groups is 1. The molecule has 0 aliphatic heterocycles. The third-order valence-corrected chi connectivity index (χ3v) is 2.20. The van der Waals surface area contributed by atoms with Crippen molar-refractivity contribution in [1.29, 1.82) is 0 Å². The van der Waals surface area contributed by atoms with Crippen molar-refractivity contribution in [2.24, 2.45) is 0 Å². The van der Waals surface area contributed by atoms with Gasteiger partial charge in [0.15, 0.2) is 0 Å². The molecular weight excluding hydrogens is 211 g/mol. The highest BCUT2D eigenvalue weighted by Crippen LogP contribution is 2.08. The topological polar surface area (TPSA) is 53.4 Å². The molecule has 16 heavy (non-hydrogen) atoms. The van der Waals surface area contributed by atoms with Crippen LogP contribution in [0.2, 0.25) is 0 Å². The van der Waals surface area contributed by atoms with Crippen molar-refractivity contribution in [3.63, 3.8) is 0 Å². The number of hydrogen-bond acceptors (Lipinski definition) is 3. The molecule has 0 saturated carbocycles. The van der Waals surface area contributed by atoms with Crippen molar-refractivity contribution in [1.82, 2.24) is 9.88 Å². The van der Waals surface area contributed by atoms with Crippen molar-refractivity contribution < 1.29 is 14.3 Å². The predicted octanol–water partition coefficient (Wildman–Crippen LogP) is 1.06. The molecule has 0 aliphatic carbocycles. The summed E-state index contributed by atoms with van der Waals surface area (Å²) >= 11 is 0. The smallest absolute Gasteiger partial charge is 0.254 e. The van der Waals surface area contributed by atoms with Gasteiger partial charge in [0.05, 0.1) is 6.61 Å². The van der Waals surface area contributed by atoms with Crippen LogP contribution in [0.4, 0.5) is 4.39 Å². The Morgan fingerprint density at radius 3 is 2.81 bits per heavy atom. The van der Waals surface area contributed by atoms with E-state index in [2.05, 4.69) is 4.98 Å². The fraction of sp³-hybridized carbons (Fsp3) is 0.455. The van der Waals surface area contributed by atoms with Crippen LogP contribution in [0.25, 0.3) is 0 Å². The summed E-state index contributed by atoms with van der Waals surface area (Å²) in [4.78, 5) is 16.8. The molecule has 4 nitrogen and oxygen atoms in total. The van der Waals surface area contributed by atoms with Crippen LogP contribution in [-0.2, 0) is 0 Å². The van der Waals surface area contributed by atoms with Gasteiger partial charge in [-0.25, -0.2) is 4.98 Å². The first-order valence-electron chi connectivity index (χ1n) is 5.09. The second kappa shape index (κ2) is 5.55. The van der Waals surface area contributed by atoms with Gasteiger partial charge in [-0.1, -0.05) is 0 Å². The van der Waals surface area contributed by atoms with Gasteiger partial charge >= 0.3 is 0 Å². The average Bonchev–Trinajstić information content (AvgIpc) is 2.24. The SMILES string of the molecule is CC(C)N(CCO)C(=O)c1ccnc(F)c1. The molecule has 0 bridgehead atoms. The van der Waals surface area contributed by atoms with Crippen molar-refractivity contribution in [2.45, 2.75) is 19.9 Å². The fourth-order valence-electron chi connectivity index (χ4n) is 1.40. The van der Waals surface area contributed by atoms with E-state index in [0.717, 1.165) is 6.07 Å². The molecule has 0 aromatic carbocycles. The molecule has 0 atom stereocenters. The quantitative estimate of drug-likeness (QED) is 0.781. The van der Waals surface area contributed by atoms with Crippen LogP contribution in [-0.4, -0.2) is 40.1 Å². The first kappa shape index (κ1) is 12.6. The molecule has 1 N–H and O–H groups in total. The van der Waals surface area contributed by atoms with E-state index in [1.807, 2.05) is 13.8 Å². The molecule has 1 heterocycles. The summed E-state index contributed by atoms with van der Waals surface area (Å²) in [7, 11) is 0. The van der Waals surface area contributed by atoms with E-state index >= 15 is 0 Å². The van der Waals surface area contributed by atoms with E-state index < -0.39 is 5.95 Å². The molecule has 0 saturated heterocycles. The van der Waals surface area contributed by atoms with E-state index in [-0.39, 0.29) is 30.7 Å². The molecule has 1 aromatic heterocycles. The summed E-state index contributed by atoms with van der Waals surface area (Å²) < 4.78 is 12.8. The number of rotatable bonds is 4. The number of pyridine rings is 1. The Bertz CT molecular complexity index is 369. The lowest BCUT2D eigenvalue weighted by molar-refractivity contribution is 0.0664. The molecule has 0 aliphatic rings. The maximum Gasteiger partial charge on any atom is 0.254 e. The van der Waals surface area contributed by atoms with Gasteiger partial charge < -0.3 is 10.0 Å². The number of aliphatic hydroxyl groups excluding tert-OH is 1. The lowest BCUT2D eigenvalue weighted by atomic mass is 10.2. The van der Waals surface area contributed by atoms with Crippen LogP contribution >= 0.6 is 0 Å². The van der Waals surface area contributed by atoms with Crippen LogP contribution in [0.5, 0.6) is 0 Å². The Morgan fingerprint density at radius 2 is 2.31 bits per heavy atom. The van der Waals surface area contributed by atoms with Crippen LogP contribution in [0.15, 0.2) is 18.3 Å². The third kappa shape index (κ3) is 3.00. The molecule has 1 aromatic rings. The largest absolute Gasteiger partial charge is 0.395 e. The molecule has 0 unspecified atom stereocenters. The second-order valence-electron chi connectivity index (χ2n) is 3.68. The molecule has 0 radical (unpaired) electrons. The minimum atomic E-state index is -0.682. The number of nitrogens with zero attached hydrogens (tertiary/aromatic N) is 2. The van der Waals surface area contributed by atoms with E-state index in [4.69, 9.17) is 5.11 Å². The highest BCUT2D eigenvalue weighted by atomic mass is 19.1. The summed E-state index contributed by atoms with van der Waals surface area (Å²) in [6, 6.07) is 2.50. The van der Waals surface area contributed by atoms with E-state index in [9.17, 15) is 9.18 Å². The zero-order valence-electron chi connectivity index (χ0n) is 9.35. The van der Waals surface area contributed by atoms with Gasteiger partial charge in [-0.05, 0) is 19.9 Å². The number of aromatic nitrogens is 1. The fourth-order valence-corrected chi connectivity index (χ4v) is 1.40. The number of halogens is 1. The second-order valence-corrected chi connectivity index (χ2v) is 3.68. The first-order chi connectivity index (χ1) is 7.56. The lowest BCUT2D eigenvalue weighted by Gasteiger charge is -2.25. The summed E-state index contributed by atoms with van der Waals surface area (Å²) in [6.07, 6.45) is 1.25. The molecule has 5 heteroatoms. The molecule has 0 spiro atoms. The highest BCUT2D eigenvalue weighted by molar-refractivity contribution is 5.94. The average molecular weight is 226 g/mol. The molecule has 88 valence electrons. The maximum atomic E-state index is 12.8. The van der Waals surface area contributed by atoms with Gasteiger partial charge in [-0.2, -0.15) is 4.39 Å². The number of carbonyl (C=O) groups excluding carboxylic acids is 1. The third-order valence-electron chi connectivity index (χ3n) is 2.20. The monoisotopic (exact) mass is 226 g/mol. The minimum absolute atomic E-state index is 0.0455. The molecule has 1 rings (SSSR count). The van der Waals surface area contributed by atoms with Crippen LogP contribution in [0.3, 0.4) is 0 Å². The van der Waals surface area contributed by atoms with Crippen LogP contribution < -0.4 is 0 Å².